The van der Waals surface area contributed by atoms with Crippen LogP contribution in [0.5, 0.6) is 0 Å². The maximum Gasteiger partial charge on any atom is 0.269 e. The molecule has 0 bridgehead atoms. The second-order valence-corrected chi connectivity index (χ2v) is 2.74. The van der Waals surface area contributed by atoms with E-state index in [2.05, 4.69) is 22.1 Å². The van der Waals surface area contributed by atoms with Crippen molar-refractivity contribution in [2.75, 3.05) is 0 Å². The molecule has 0 aliphatic heterocycles. The van der Waals surface area contributed by atoms with E-state index >= 15 is 0 Å². The fraction of sp³-hybridized carbons (Fsp3) is 0.625. The van der Waals surface area contributed by atoms with Crippen molar-refractivity contribution in [1.29, 1.82) is 0 Å². The van der Waals surface area contributed by atoms with Crippen molar-refractivity contribution in [3.63, 3.8) is 0 Å². The lowest BCUT2D eigenvalue weighted by Gasteiger charge is -1.96. The molecule has 1 aromatic rings. The largest absolute Gasteiger partial charge is 0.308 e. The number of hydrogen-bond acceptors (Lipinski definition) is 3. The van der Waals surface area contributed by atoms with Crippen LogP contribution >= 0.6 is 0 Å². The van der Waals surface area contributed by atoms with E-state index < -0.39 is 0 Å². The first kappa shape index (κ1) is 8.90. The molecule has 0 atom stereocenters. The second-order valence-electron chi connectivity index (χ2n) is 2.74. The van der Waals surface area contributed by atoms with Gasteiger partial charge in [-0.3, -0.25) is 4.79 Å². The van der Waals surface area contributed by atoms with E-state index in [9.17, 15) is 4.79 Å². The Hall–Kier alpha value is -1.19. The summed E-state index contributed by atoms with van der Waals surface area (Å²) in [6.45, 7) is 2.14. The SMILES string of the molecule is CCCCCc1nncc(=O)[nH]1. The molecule has 0 radical (unpaired) electrons. The van der Waals surface area contributed by atoms with Crippen LogP contribution in [-0.4, -0.2) is 15.2 Å². The fourth-order valence-corrected chi connectivity index (χ4v) is 1.01. The van der Waals surface area contributed by atoms with E-state index in [0.717, 1.165) is 12.8 Å². The lowest BCUT2D eigenvalue weighted by molar-refractivity contribution is 0.678. The summed E-state index contributed by atoms with van der Waals surface area (Å²) in [5, 5.41) is 7.38. The number of hydrogen-bond donors (Lipinski definition) is 1. The van der Waals surface area contributed by atoms with E-state index in [1.54, 1.807) is 0 Å². The number of aromatic amines is 1. The highest BCUT2D eigenvalue weighted by Gasteiger charge is 1.94. The molecule has 0 aliphatic carbocycles. The van der Waals surface area contributed by atoms with Gasteiger partial charge < -0.3 is 4.98 Å². The molecule has 0 unspecified atom stereocenters. The Labute approximate surface area is 71.0 Å². The van der Waals surface area contributed by atoms with Gasteiger partial charge in [0.25, 0.3) is 5.56 Å². The van der Waals surface area contributed by atoms with E-state index in [1.807, 2.05) is 0 Å². The second kappa shape index (κ2) is 4.64. The molecule has 0 aromatic carbocycles. The minimum Gasteiger partial charge on any atom is -0.308 e. The quantitative estimate of drug-likeness (QED) is 0.678. The zero-order valence-electron chi connectivity index (χ0n) is 7.21. The lowest BCUT2D eigenvalue weighted by atomic mass is 10.2. The normalized spacial score (nSPS) is 10.1. The molecule has 0 saturated carbocycles. The van der Waals surface area contributed by atoms with Crippen LogP contribution in [0.25, 0.3) is 0 Å². The summed E-state index contributed by atoms with van der Waals surface area (Å²) in [5.74, 6) is 0.691. The number of H-pyrrole nitrogens is 1. The van der Waals surface area contributed by atoms with E-state index in [-0.39, 0.29) is 5.56 Å². The van der Waals surface area contributed by atoms with Gasteiger partial charge >= 0.3 is 0 Å². The summed E-state index contributed by atoms with van der Waals surface area (Å²) in [5.41, 5.74) is -0.170. The van der Waals surface area contributed by atoms with Crippen molar-refractivity contribution in [2.24, 2.45) is 0 Å². The molecule has 1 aromatic heterocycles. The molecule has 1 rings (SSSR count). The summed E-state index contributed by atoms with van der Waals surface area (Å²) in [6.07, 6.45) is 5.40. The minimum atomic E-state index is -0.170. The van der Waals surface area contributed by atoms with Gasteiger partial charge in [-0.1, -0.05) is 19.8 Å². The summed E-state index contributed by atoms with van der Waals surface area (Å²) in [4.78, 5) is 13.4. The lowest BCUT2D eigenvalue weighted by Crippen LogP contribution is -2.11. The third-order valence-electron chi connectivity index (χ3n) is 1.64. The van der Waals surface area contributed by atoms with E-state index in [0.29, 0.717) is 5.82 Å². The van der Waals surface area contributed by atoms with Gasteiger partial charge in [-0.25, -0.2) is 0 Å². The highest BCUT2D eigenvalue weighted by molar-refractivity contribution is 4.81. The molecule has 0 aliphatic rings. The molecule has 1 heterocycles. The van der Waals surface area contributed by atoms with Crippen LogP contribution in [0.3, 0.4) is 0 Å². The van der Waals surface area contributed by atoms with Gasteiger partial charge in [0.1, 0.15) is 12.0 Å². The molecule has 1 N–H and O–H groups in total. The minimum absolute atomic E-state index is 0.170. The van der Waals surface area contributed by atoms with Crippen LogP contribution in [0, 0.1) is 0 Å². The van der Waals surface area contributed by atoms with Crippen LogP contribution in [-0.2, 0) is 6.42 Å². The predicted molar refractivity (Wildman–Crippen MR) is 45.9 cm³/mol. The van der Waals surface area contributed by atoms with Crippen molar-refractivity contribution >= 4 is 0 Å². The van der Waals surface area contributed by atoms with Crippen LogP contribution in [0.4, 0.5) is 0 Å². The fourth-order valence-electron chi connectivity index (χ4n) is 1.01. The molecule has 0 spiro atoms. The third-order valence-corrected chi connectivity index (χ3v) is 1.64. The van der Waals surface area contributed by atoms with Gasteiger partial charge in [0.05, 0.1) is 0 Å². The molecular formula is C8H13N3O. The molecule has 66 valence electrons. The number of aryl methyl sites for hydroxylation is 1. The van der Waals surface area contributed by atoms with Crippen molar-refractivity contribution in [2.45, 2.75) is 32.6 Å². The van der Waals surface area contributed by atoms with Gasteiger partial charge in [-0.05, 0) is 6.42 Å². The summed E-state index contributed by atoms with van der Waals surface area (Å²) in [6, 6.07) is 0. The smallest absolute Gasteiger partial charge is 0.269 e. The molecule has 4 heteroatoms. The van der Waals surface area contributed by atoms with Crippen LogP contribution < -0.4 is 5.56 Å². The Balaban J connectivity index is 2.47. The number of unbranched alkanes of at least 4 members (excludes halogenated alkanes) is 2. The first-order valence-corrected chi connectivity index (χ1v) is 4.24. The average Bonchev–Trinajstić information content (AvgIpc) is 2.05. The van der Waals surface area contributed by atoms with Crippen molar-refractivity contribution in [1.82, 2.24) is 15.2 Å². The molecule has 0 amide bonds. The zero-order chi connectivity index (χ0) is 8.81. The van der Waals surface area contributed by atoms with Crippen LogP contribution in [0.2, 0.25) is 0 Å². The Morgan fingerprint density at radius 3 is 3.00 bits per heavy atom. The molecule has 12 heavy (non-hydrogen) atoms. The molecular weight excluding hydrogens is 154 g/mol. The van der Waals surface area contributed by atoms with Crippen LogP contribution in [0.1, 0.15) is 32.0 Å². The van der Waals surface area contributed by atoms with Gasteiger partial charge in [0.15, 0.2) is 0 Å². The Bertz CT molecular complexity index is 282. The highest BCUT2D eigenvalue weighted by Crippen LogP contribution is 1.98. The van der Waals surface area contributed by atoms with Crippen molar-refractivity contribution in [3.8, 4) is 0 Å². The Kier molecular flexibility index (Phi) is 3.44. The number of nitrogens with zero attached hydrogens (tertiary/aromatic N) is 2. The van der Waals surface area contributed by atoms with Crippen molar-refractivity contribution in [3.05, 3.63) is 22.4 Å². The molecule has 4 nitrogen and oxygen atoms in total. The maximum atomic E-state index is 10.8. The number of nitrogens with one attached hydrogen (secondary N) is 1. The Morgan fingerprint density at radius 2 is 2.33 bits per heavy atom. The standard InChI is InChI=1S/C8H13N3O/c1-2-3-4-5-7-10-8(12)6-9-11-7/h6H,2-5H2,1H3,(H,10,11,12). The van der Waals surface area contributed by atoms with Gasteiger partial charge in [0, 0.05) is 6.42 Å². The van der Waals surface area contributed by atoms with Gasteiger partial charge in [0.2, 0.25) is 0 Å². The first-order valence-electron chi connectivity index (χ1n) is 4.24. The average molecular weight is 167 g/mol. The summed E-state index contributed by atoms with van der Waals surface area (Å²) >= 11 is 0. The number of rotatable bonds is 4. The number of aromatic nitrogens is 3. The van der Waals surface area contributed by atoms with E-state index in [1.165, 1.54) is 19.0 Å². The van der Waals surface area contributed by atoms with Gasteiger partial charge in [-0.2, -0.15) is 5.10 Å². The monoisotopic (exact) mass is 167 g/mol. The third kappa shape index (κ3) is 2.82. The molecule has 0 fully saturated rings. The summed E-state index contributed by atoms with van der Waals surface area (Å²) < 4.78 is 0. The Morgan fingerprint density at radius 1 is 1.50 bits per heavy atom. The zero-order valence-corrected chi connectivity index (χ0v) is 7.21. The maximum absolute atomic E-state index is 10.8. The topological polar surface area (TPSA) is 58.6 Å². The first-order chi connectivity index (χ1) is 5.83. The van der Waals surface area contributed by atoms with Gasteiger partial charge in [-0.15, -0.1) is 5.10 Å². The molecule has 0 saturated heterocycles. The predicted octanol–water partition coefficient (Wildman–Crippen LogP) is 0.898. The van der Waals surface area contributed by atoms with Crippen LogP contribution in [0.15, 0.2) is 11.0 Å². The van der Waals surface area contributed by atoms with E-state index in [4.69, 9.17) is 0 Å². The van der Waals surface area contributed by atoms with Crippen molar-refractivity contribution < 1.29 is 0 Å². The highest BCUT2D eigenvalue weighted by atomic mass is 16.1. The summed E-state index contributed by atoms with van der Waals surface area (Å²) in [7, 11) is 0.